The van der Waals surface area contributed by atoms with Gasteiger partial charge in [-0.1, -0.05) is 0 Å². The van der Waals surface area contributed by atoms with Crippen LogP contribution in [0.25, 0.3) is 0 Å². The molecule has 1 aromatic carbocycles. The number of rotatable bonds is 1. The highest BCUT2D eigenvalue weighted by atomic mass is 79.9. The molecule has 0 fully saturated rings. The van der Waals surface area contributed by atoms with Crippen molar-refractivity contribution in [3.05, 3.63) is 22.2 Å². The summed E-state index contributed by atoms with van der Waals surface area (Å²) >= 11 is 3.12. The molecule has 1 heterocycles. The van der Waals surface area contributed by atoms with Gasteiger partial charge in [-0.25, -0.2) is 0 Å². The average Bonchev–Trinajstić information content (AvgIpc) is 2.47. The number of nitrogens with one attached hydrogen (secondary N) is 1. The van der Waals surface area contributed by atoms with Crippen molar-refractivity contribution in [3.63, 3.8) is 0 Å². The van der Waals surface area contributed by atoms with Crippen molar-refractivity contribution in [1.82, 2.24) is 0 Å². The summed E-state index contributed by atoms with van der Waals surface area (Å²) in [6.45, 7) is 0.802. The molecule has 76 valence electrons. The van der Waals surface area contributed by atoms with Gasteiger partial charge in [-0.2, -0.15) is 8.42 Å². The van der Waals surface area contributed by atoms with Crippen molar-refractivity contribution in [2.45, 2.75) is 11.3 Å². The van der Waals surface area contributed by atoms with Crippen molar-refractivity contribution >= 4 is 31.7 Å². The summed E-state index contributed by atoms with van der Waals surface area (Å²) in [6.07, 6.45) is 0.875. The molecular formula is C8H8BrNO3S. The Morgan fingerprint density at radius 3 is 2.79 bits per heavy atom. The minimum atomic E-state index is -4.14. The van der Waals surface area contributed by atoms with Crippen LogP contribution >= 0.6 is 15.9 Å². The van der Waals surface area contributed by atoms with E-state index in [1.807, 2.05) is 0 Å². The maximum Gasteiger partial charge on any atom is 0.295 e. The van der Waals surface area contributed by atoms with Crippen molar-refractivity contribution in [2.75, 3.05) is 11.9 Å². The first kappa shape index (κ1) is 9.95. The second-order valence-electron chi connectivity index (χ2n) is 3.09. The summed E-state index contributed by atoms with van der Waals surface area (Å²) < 4.78 is 31.2. The Bertz CT molecular complexity index is 484. The molecule has 0 radical (unpaired) electrons. The van der Waals surface area contributed by atoms with Gasteiger partial charge in [0.25, 0.3) is 10.1 Å². The third-order valence-electron chi connectivity index (χ3n) is 2.15. The lowest BCUT2D eigenvalue weighted by Crippen LogP contribution is -2.00. The van der Waals surface area contributed by atoms with Gasteiger partial charge < -0.3 is 5.32 Å². The van der Waals surface area contributed by atoms with Crippen LogP contribution in [0.3, 0.4) is 0 Å². The van der Waals surface area contributed by atoms with Gasteiger partial charge in [-0.15, -0.1) is 0 Å². The summed E-state index contributed by atoms with van der Waals surface area (Å²) in [7, 11) is -4.14. The minimum Gasteiger partial charge on any atom is -0.384 e. The Labute approximate surface area is 90.2 Å². The maximum atomic E-state index is 11.0. The molecule has 2 N–H and O–H groups in total. The molecule has 6 heteroatoms. The van der Waals surface area contributed by atoms with E-state index in [1.165, 1.54) is 6.07 Å². The first-order valence-corrected chi connectivity index (χ1v) is 6.25. The van der Waals surface area contributed by atoms with Gasteiger partial charge in [0.15, 0.2) is 0 Å². The zero-order chi connectivity index (χ0) is 10.3. The summed E-state index contributed by atoms with van der Waals surface area (Å²) in [5, 5.41) is 3.04. The fourth-order valence-corrected chi connectivity index (χ4v) is 3.07. The van der Waals surface area contributed by atoms with Gasteiger partial charge in [0, 0.05) is 16.7 Å². The lowest BCUT2D eigenvalue weighted by atomic mass is 10.2. The third-order valence-corrected chi connectivity index (χ3v) is 3.96. The molecule has 1 aromatic rings. The van der Waals surface area contributed by atoms with Crippen molar-refractivity contribution in [1.29, 1.82) is 0 Å². The second-order valence-corrected chi connectivity index (χ2v) is 5.34. The number of hydrogen-bond acceptors (Lipinski definition) is 3. The Balaban J connectivity index is 2.65. The van der Waals surface area contributed by atoms with E-state index in [0.717, 1.165) is 24.2 Å². The van der Waals surface area contributed by atoms with Gasteiger partial charge in [-0.3, -0.25) is 4.55 Å². The van der Waals surface area contributed by atoms with Crippen LogP contribution < -0.4 is 5.32 Å². The second kappa shape index (κ2) is 3.22. The molecule has 0 amide bonds. The number of hydrogen-bond donors (Lipinski definition) is 2. The zero-order valence-corrected chi connectivity index (χ0v) is 9.52. The van der Waals surface area contributed by atoms with Gasteiger partial charge in [0.1, 0.15) is 4.90 Å². The van der Waals surface area contributed by atoms with E-state index in [1.54, 1.807) is 6.07 Å². The summed E-state index contributed by atoms with van der Waals surface area (Å²) in [6, 6.07) is 3.17. The molecule has 0 atom stereocenters. The van der Waals surface area contributed by atoms with Gasteiger partial charge >= 0.3 is 0 Å². The first-order valence-electron chi connectivity index (χ1n) is 4.02. The normalized spacial score (nSPS) is 15.0. The SMILES string of the molecule is O=S(=O)(O)c1cc2c(cc1Br)CCN2. The van der Waals surface area contributed by atoms with E-state index < -0.39 is 10.1 Å². The van der Waals surface area contributed by atoms with E-state index in [-0.39, 0.29) is 4.90 Å². The van der Waals surface area contributed by atoms with Crippen LogP contribution in [0.2, 0.25) is 0 Å². The highest BCUT2D eigenvalue weighted by Crippen LogP contribution is 2.31. The highest BCUT2D eigenvalue weighted by Gasteiger charge is 2.19. The Kier molecular flexibility index (Phi) is 2.29. The fraction of sp³-hybridized carbons (Fsp3) is 0.250. The highest BCUT2D eigenvalue weighted by molar-refractivity contribution is 9.10. The summed E-state index contributed by atoms with van der Waals surface area (Å²) in [5.41, 5.74) is 1.84. The van der Waals surface area contributed by atoms with Gasteiger partial charge in [0.05, 0.1) is 0 Å². The topological polar surface area (TPSA) is 66.4 Å². The van der Waals surface area contributed by atoms with Crippen LogP contribution in [0.15, 0.2) is 21.5 Å². The van der Waals surface area contributed by atoms with E-state index in [4.69, 9.17) is 4.55 Å². The van der Waals surface area contributed by atoms with E-state index in [9.17, 15) is 8.42 Å². The number of benzene rings is 1. The Morgan fingerprint density at radius 2 is 2.14 bits per heavy atom. The smallest absolute Gasteiger partial charge is 0.295 e. The molecule has 0 aromatic heterocycles. The van der Waals surface area contributed by atoms with Crippen LogP contribution in [0.4, 0.5) is 5.69 Å². The molecule has 1 aliphatic rings. The Hall–Kier alpha value is -0.590. The van der Waals surface area contributed by atoms with Crippen LogP contribution in [0.1, 0.15) is 5.56 Å². The molecule has 0 aliphatic carbocycles. The predicted molar refractivity (Wildman–Crippen MR) is 56.2 cm³/mol. The standard InChI is InChI=1S/C8H8BrNO3S/c9-6-3-5-1-2-10-7(5)4-8(6)14(11,12)13/h3-4,10H,1-2H2,(H,11,12,13). The molecule has 0 unspecified atom stereocenters. The van der Waals surface area contributed by atoms with Crippen molar-refractivity contribution < 1.29 is 13.0 Å². The number of halogens is 1. The molecule has 0 saturated carbocycles. The van der Waals surface area contributed by atoms with E-state index >= 15 is 0 Å². The molecule has 14 heavy (non-hydrogen) atoms. The van der Waals surface area contributed by atoms with Crippen molar-refractivity contribution in [2.24, 2.45) is 0 Å². The Morgan fingerprint density at radius 1 is 1.43 bits per heavy atom. The quantitative estimate of drug-likeness (QED) is 0.767. The number of fused-ring (bicyclic) bond motifs is 1. The lowest BCUT2D eigenvalue weighted by Gasteiger charge is -2.05. The van der Waals surface area contributed by atoms with Crippen LogP contribution in [-0.4, -0.2) is 19.5 Å². The average molecular weight is 278 g/mol. The summed E-state index contributed by atoms with van der Waals surface area (Å²) in [4.78, 5) is -0.0920. The van der Waals surface area contributed by atoms with Crippen LogP contribution in [-0.2, 0) is 16.5 Å². The number of anilines is 1. The lowest BCUT2D eigenvalue weighted by molar-refractivity contribution is 0.482. The first-order chi connectivity index (χ1) is 6.48. The predicted octanol–water partition coefficient (Wildman–Crippen LogP) is 1.66. The molecular weight excluding hydrogens is 270 g/mol. The largest absolute Gasteiger partial charge is 0.384 e. The van der Waals surface area contributed by atoms with Crippen LogP contribution in [0, 0.1) is 0 Å². The van der Waals surface area contributed by atoms with E-state index in [2.05, 4.69) is 21.2 Å². The zero-order valence-electron chi connectivity index (χ0n) is 7.12. The van der Waals surface area contributed by atoms with Crippen molar-refractivity contribution in [3.8, 4) is 0 Å². The van der Waals surface area contributed by atoms with E-state index in [0.29, 0.717) is 4.47 Å². The monoisotopic (exact) mass is 277 g/mol. The minimum absolute atomic E-state index is 0.0920. The summed E-state index contributed by atoms with van der Waals surface area (Å²) in [5.74, 6) is 0. The van der Waals surface area contributed by atoms with Crippen LogP contribution in [0.5, 0.6) is 0 Å². The molecule has 2 rings (SSSR count). The third kappa shape index (κ3) is 1.65. The van der Waals surface area contributed by atoms with Gasteiger partial charge in [0.2, 0.25) is 0 Å². The fourth-order valence-electron chi connectivity index (χ4n) is 1.50. The molecule has 0 saturated heterocycles. The molecule has 0 bridgehead atoms. The molecule has 4 nitrogen and oxygen atoms in total. The maximum absolute atomic E-state index is 11.0. The van der Waals surface area contributed by atoms with Gasteiger partial charge in [-0.05, 0) is 40.0 Å². The molecule has 1 aliphatic heterocycles. The molecule has 0 spiro atoms.